The molecule has 0 radical (unpaired) electrons. The number of phosphoric ester groups is 2. The fourth-order valence-corrected chi connectivity index (χ4v) is 11.0. The van der Waals surface area contributed by atoms with Crippen LogP contribution in [0.3, 0.4) is 0 Å². The summed E-state index contributed by atoms with van der Waals surface area (Å²) in [6, 6.07) is 0. The summed E-state index contributed by atoms with van der Waals surface area (Å²) in [6.45, 7) is 7.11. The van der Waals surface area contributed by atoms with Crippen LogP contribution in [0.5, 0.6) is 0 Å². The number of hydrogen-bond acceptors (Lipinski definition) is 15. The molecule has 19 heteroatoms. The first kappa shape index (κ1) is 80.1. The van der Waals surface area contributed by atoms with Gasteiger partial charge in [-0.25, -0.2) is 9.13 Å². The number of aliphatic hydroxyl groups excluding tert-OH is 1. The molecule has 82 heavy (non-hydrogen) atoms. The Morgan fingerprint density at radius 2 is 0.561 bits per heavy atom. The maximum absolute atomic E-state index is 13.0. The number of carbonyl (C=O) groups is 4. The minimum Gasteiger partial charge on any atom is -0.462 e. The van der Waals surface area contributed by atoms with E-state index in [1.807, 2.05) is 0 Å². The van der Waals surface area contributed by atoms with Crippen molar-refractivity contribution in [3.8, 4) is 0 Å². The number of unbranched alkanes of at least 4 members (excludes halogenated alkanes) is 35. The number of esters is 4. The first-order valence-corrected chi connectivity index (χ1v) is 36.1. The molecule has 0 rings (SSSR count). The Kier molecular flexibility index (Phi) is 55.5. The van der Waals surface area contributed by atoms with Crippen LogP contribution in [0.25, 0.3) is 0 Å². The molecular weight excluding hydrogens is 1090 g/mol. The Morgan fingerprint density at radius 1 is 0.329 bits per heavy atom. The standard InChI is InChI=1S/C63H122O17P2/c1-6-9-12-15-17-19-21-25-29-32-37-42-47-61(66)74-53-59(80-63(68)49-44-39-34-30-26-23-22-24-27-31-36-40-45-56(4)5)55-78-82(71,72)76-51-57(64)50-75-81(69,70)77-54-58(52-73-60(65)46-41-35-14-11-8-3)79-62(67)48-43-38-33-28-20-18-16-13-10-7-2/h56-59,64H,6-55H2,1-5H3,(H,69,70)(H,71,72)/t57-,58+,59+/m0/s1. The molecule has 17 nitrogen and oxygen atoms in total. The number of ether oxygens (including phenoxy) is 4. The predicted octanol–water partition coefficient (Wildman–Crippen LogP) is 17.4. The van der Waals surface area contributed by atoms with Crippen LogP contribution in [0.4, 0.5) is 0 Å². The van der Waals surface area contributed by atoms with Gasteiger partial charge in [0, 0.05) is 25.7 Å². The molecule has 0 aliphatic heterocycles. The first-order chi connectivity index (χ1) is 39.5. The van der Waals surface area contributed by atoms with Crippen molar-refractivity contribution in [3.63, 3.8) is 0 Å². The topological polar surface area (TPSA) is 237 Å². The van der Waals surface area contributed by atoms with E-state index in [2.05, 4.69) is 34.6 Å². The largest absolute Gasteiger partial charge is 0.472 e. The summed E-state index contributed by atoms with van der Waals surface area (Å²) in [7, 11) is -9.87. The van der Waals surface area contributed by atoms with Gasteiger partial charge in [0.1, 0.15) is 19.3 Å². The van der Waals surface area contributed by atoms with E-state index >= 15 is 0 Å². The maximum atomic E-state index is 13.0. The van der Waals surface area contributed by atoms with Crippen molar-refractivity contribution in [2.24, 2.45) is 5.92 Å². The van der Waals surface area contributed by atoms with E-state index in [0.29, 0.717) is 25.7 Å². The van der Waals surface area contributed by atoms with Crippen molar-refractivity contribution in [1.29, 1.82) is 0 Å². The van der Waals surface area contributed by atoms with Crippen LogP contribution in [0.2, 0.25) is 0 Å². The molecule has 0 aromatic rings. The van der Waals surface area contributed by atoms with Gasteiger partial charge in [-0.15, -0.1) is 0 Å². The highest BCUT2D eigenvalue weighted by Crippen LogP contribution is 2.45. The summed E-state index contributed by atoms with van der Waals surface area (Å²) in [5.74, 6) is -1.37. The molecule has 0 spiro atoms. The van der Waals surface area contributed by atoms with E-state index in [1.165, 1.54) is 135 Å². The zero-order valence-electron chi connectivity index (χ0n) is 52.6. The maximum Gasteiger partial charge on any atom is 0.472 e. The van der Waals surface area contributed by atoms with E-state index in [9.17, 15) is 43.2 Å². The van der Waals surface area contributed by atoms with E-state index in [-0.39, 0.29) is 25.7 Å². The van der Waals surface area contributed by atoms with Gasteiger partial charge in [-0.3, -0.25) is 37.3 Å². The average molecular weight is 1210 g/mol. The number of aliphatic hydroxyl groups is 1. The third-order valence-corrected chi connectivity index (χ3v) is 16.4. The molecule has 0 aliphatic carbocycles. The third kappa shape index (κ3) is 57.2. The lowest BCUT2D eigenvalue weighted by atomic mass is 10.0. The summed E-state index contributed by atoms with van der Waals surface area (Å²) in [5.41, 5.74) is 0. The van der Waals surface area contributed by atoms with E-state index in [0.717, 1.165) is 102 Å². The molecule has 0 bridgehead atoms. The highest BCUT2D eigenvalue weighted by atomic mass is 31.2. The summed E-state index contributed by atoms with van der Waals surface area (Å²) in [5, 5.41) is 10.5. The summed E-state index contributed by atoms with van der Waals surface area (Å²) >= 11 is 0. The van der Waals surface area contributed by atoms with E-state index in [4.69, 9.17) is 37.0 Å². The predicted molar refractivity (Wildman–Crippen MR) is 326 cm³/mol. The molecule has 2 unspecified atom stereocenters. The SMILES string of the molecule is CCCCCCCCCCCCCCC(=O)OC[C@H](COP(=O)(O)OC[C@@H](O)COP(=O)(O)OC[C@@H](COC(=O)CCCCCCC)OC(=O)CCCCCCCCCCCC)OC(=O)CCCCCCCCCCCCCCC(C)C. The van der Waals surface area contributed by atoms with Crippen molar-refractivity contribution in [3.05, 3.63) is 0 Å². The van der Waals surface area contributed by atoms with Crippen molar-refractivity contribution < 1.29 is 80.2 Å². The Balaban J connectivity index is 5.17. The van der Waals surface area contributed by atoms with Crippen molar-refractivity contribution in [1.82, 2.24) is 0 Å². The quantitative estimate of drug-likeness (QED) is 0.0222. The van der Waals surface area contributed by atoms with Crippen LogP contribution in [-0.4, -0.2) is 96.7 Å². The van der Waals surface area contributed by atoms with Crippen molar-refractivity contribution >= 4 is 39.5 Å². The molecule has 0 aromatic carbocycles. The summed E-state index contributed by atoms with van der Waals surface area (Å²) in [4.78, 5) is 71.9. The molecule has 0 fully saturated rings. The number of hydrogen-bond donors (Lipinski definition) is 3. The number of phosphoric acid groups is 2. The van der Waals surface area contributed by atoms with Crippen molar-refractivity contribution in [2.75, 3.05) is 39.6 Å². The number of carbonyl (C=O) groups excluding carboxylic acids is 4. The fourth-order valence-electron chi connectivity index (χ4n) is 9.41. The molecule has 0 aromatic heterocycles. The lowest BCUT2D eigenvalue weighted by Gasteiger charge is -2.21. The van der Waals surface area contributed by atoms with Crippen molar-refractivity contribution in [2.45, 2.75) is 335 Å². The van der Waals surface area contributed by atoms with Gasteiger partial charge in [0.15, 0.2) is 12.2 Å². The van der Waals surface area contributed by atoms with Gasteiger partial charge in [0.25, 0.3) is 0 Å². The molecule has 0 saturated carbocycles. The summed E-state index contributed by atoms with van der Waals surface area (Å²) < 4.78 is 67.8. The molecule has 486 valence electrons. The highest BCUT2D eigenvalue weighted by Gasteiger charge is 2.30. The highest BCUT2D eigenvalue weighted by molar-refractivity contribution is 7.47. The second-order valence-electron chi connectivity index (χ2n) is 23.3. The van der Waals surface area contributed by atoms with E-state index < -0.39 is 97.5 Å². The van der Waals surface area contributed by atoms with Gasteiger partial charge < -0.3 is 33.8 Å². The lowest BCUT2D eigenvalue weighted by molar-refractivity contribution is -0.161. The average Bonchev–Trinajstić information content (AvgIpc) is 3.44. The normalized spacial score (nSPS) is 14.3. The first-order valence-electron chi connectivity index (χ1n) is 33.1. The van der Waals surface area contributed by atoms with Gasteiger partial charge >= 0.3 is 39.5 Å². The minimum absolute atomic E-state index is 0.106. The molecule has 0 heterocycles. The van der Waals surface area contributed by atoms with Gasteiger partial charge in [0.05, 0.1) is 26.4 Å². The third-order valence-electron chi connectivity index (χ3n) is 14.5. The van der Waals surface area contributed by atoms with Gasteiger partial charge in [-0.2, -0.15) is 0 Å². The molecule has 5 atom stereocenters. The van der Waals surface area contributed by atoms with Gasteiger partial charge in [0.2, 0.25) is 0 Å². The fraction of sp³-hybridized carbons (Fsp3) is 0.937. The van der Waals surface area contributed by atoms with Crippen LogP contribution < -0.4 is 0 Å². The molecule has 0 saturated heterocycles. The van der Waals surface area contributed by atoms with Crippen LogP contribution in [0.15, 0.2) is 0 Å². The monoisotopic (exact) mass is 1210 g/mol. The van der Waals surface area contributed by atoms with Crippen LogP contribution >= 0.6 is 15.6 Å². The Morgan fingerprint density at radius 3 is 0.829 bits per heavy atom. The Bertz CT molecular complexity index is 1600. The molecular formula is C63H122O17P2. The zero-order chi connectivity index (χ0) is 60.6. The second-order valence-corrected chi connectivity index (χ2v) is 26.2. The van der Waals surface area contributed by atoms with Crippen LogP contribution in [-0.2, 0) is 65.4 Å². The Labute approximate surface area is 498 Å². The van der Waals surface area contributed by atoms with Gasteiger partial charge in [-0.1, -0.05) is 266 Å². The molecule has 3 N–H and O–H groups in total. The molecule has 0 amide bonds. The molecule has 0 aliphatic rings. The van der Waals surface area contributed by atoms with Crippen LogP contribution in [0, 0.1) is 5.92 Å². The van der Waals surface area contributed by atoms with E-state index in [1.54, 1.807) is 0 Å². The van der Waals surface area contributed by atoms with Gasteiger partial charge in [-0.05, 0) is 31.6 Å². The zero-order valence-corrected chi connectivity index (χ0v) is 54.4. The van der Waals surface area contributed by atoms with Crippen LogP contribution in [0.1, 0.15) is 317 Å². The lowest BCUT2D eigenvalue weighted by Crippen LogP contribution is -2.30. The Hall–Kier alpha value is -1.94. The number of rotatable bonds is 63. The summed E-state index contributed by atoms with van der Waals surface area (Å²) in [6.07, 6.45) is 40.6. The smallest absolute Gasteiger partial charge is 0.462 e. The second kappa shape index (κ2) is 56.8. The minimum atomic E-state index is -4.94.